The molecule has 0 spiro atoms. The van der Waals surface area contributed by atoms with Crippen molar-refractivity contribution in [2.45, 2.75) is 0 Å². The van der Waals surface area contributed by atoms with Crippen LogP contribution in [0, 0.1) is 5.82 Å². The lowest BCUT2D eigenvalue weighted by Gasteiger charge is -1.98. The molecule has 1 N–H and O–H groups in total. The highest BCUT2D eigenvalue weighted by Gasteiger charge is 2.10. The summed E-state index contributed by atoms with van der Waals surface area (Å²) in [5, 5.41) is 6.67. The van der Waals surface area contributed by atoms with Crippen LogP contribution in [0.2, 0.25) is 5.02 Å². The molecule has 0 atom stereocenters. The largest absolute Gasteiger partial charge is 0.383 e. The number of nitrogens with one attached hydrogen (secondary N) is 1. The quantitative estimate of drug-likeness (QED) is 0.847. The summed E-state index contributed by atoms with van der Waals surface area (Å²) in [5.41, 5.74) is 0.588. The predicted octanol–water partition coefficient (Wildman–Crippen LogP) is 2.59. The topological polar surface area (TPSA) is 60.2 Å². The van der Waals surface area contributed by atoms with Crippen LogP contribution in [0.4, 0.5) is 10.4 Å². The number of ether oxygens (including phenoxy) is 1. The molecule has 2 aromatic rings. The Balaban J connectivity index is 2.11. The zero-order valence-corrected chi connectivity index (χ0v) is 10.4. The van der Waals surface area contributed by atoms with Gasteiger partial charge in [0.15, 0.2) is 0 Å². The molecule has 5 nitrogen and oxygen atoms in total. The second-order valence-corrected chi connectivity index (χ2v) is 3.88. The highest BCUT2D eigenvalue weighted by atomic mass is 35.5. The van der Waals surface area contributed by atoms with Gasteiger partial charge in [-0.1, -0.05) is 16.8 Å². The Bertz CT molecular complexity index is 533. The SMILES string of the molecule is COCCNc1nc(-c2ccc(F)c(Cl)c2)no1. The minimum Gasteiger partial charge on any atom is -0.383 e. The maximum atomic E-state index is 13.0. The zero-order chi connectivity index (χ0) is 13.0. The van der Waals surface area contributed by atoms with Crippen molar-refractivity contribution in [3.63, 3.8) is 0 Å². The van der Waals surface area contributed by atoms with E-state index in [9.17, 15) is 4.39 Å². The number of rotatable bonds is 5. The van der Waals surface area contributed by atoms with E-state index in [4.69, 9.17) is 20.9 Å². The van der Waals surface area contributed by atoms with E-state index in [1.807, 2.05) is 0 Å². The van der Waals surface area contributed by atoms with E-state index in [0.29, 0.717) is 24.5 Å². The highest BCUT2D eigenvalue weighted by Crippen LogP contribution is 2.23. The summed E-state index contributed by atoms with van der Waals surface area (Å²) in [4.78, 5) is 4.10. The molecule has 0 amide bonds. The van der Waals surface area contributed by atoms with E-state index in [1.54, 1.807) is 7.11 Å². The van der Waals surface area contributed by atoms with Crippen molar-refractivity contribution in [1.82, 2.24) is 10.1 Å². The Morgan fingerprint density at radius 1 is 1.50 bits per heavy atom. The van der Waals surface area contributed by atoms with Gasteiger partial charge >= 0.3 is 6.01 Å². The summed E-state index contributed by atoms with van der Waals surface area (Å²) in [7, 11) is 1.60. The Labute approximate surface area is 108 Å². The summed E-state index contributed by atoms with van der Waals surface area (Å²) in [6, 6.07) is 4.51. The van der Waals surface area contributed by atoms with Gasteiger partial charge in [-0.15, -0.1) is 0 Å². The van der Waals surface area contributed by atoms with Crippen LogP contribution in [0.5, 0.6) is 0 Å². The molecule has 0 aliphatic rings. The van der Waals surface area contributed by atoms with E-state index >= 15 is 0 Å². The third kappa shape index (κ3) is 2.96. The molecular weight excluding hydrogens is 261 g/mol. The van der Waals surface area contributed by atoms with Crippen LogP contribution in [0.3, 0.4) is 0 Å². The fraction of sp³-hybridized carbons (Fsp3) is 0.273. The number of anilines is 1. The Hall–Kier alpha value is -1.66. The van der Waals surface area contributed by atoms with Crippen LogP contribution in [0.1, 0.15) is 0 Å². The number of aromatic nitrogens is 2. The van der Waals surface area contributed by atoms with Gasteiger partial charge in [-0.2, -0.15) is 4.98 Å². The molecule has 1 heterocycles. The van der Waals surface area contributed by atoms with Crippen molar-refractivity contribution < 1.29 is 13.7 Å². The lowest BCUT2D eigenvalue weighted by Crippen LogP contribution is -2.07. The van der Waals surface area contributed by atoms with Crippen molar-refractivity contribution >= 4 is 17.6 Å². The maximum Gasteiger partial charge on any atom is 0.321 e. The van der Waals surface area contributed by atoms with Gasteiger partial charge < -0.3 is 14.6 Å². The van der Waals surface area contributed by atoms with E-state index < -0.39 is 5.82 Å². The number of halogens is 2. The molecule has 0 aliphatic carbocycles. The van der Waals surface area contributed by atoms with Gasteiger partial charge in [0.25, 0.3) is 0 Å². The fourth-order valence-corrected chi connectivity index (χ4v) is 1.49. The van der Waals surface area contributed by atoms with Gasteiger partial charge in [0, 0.05) is 19.2 Å². The predicted molar refractivity (Wildman–Crippen MR) is 65.1 cm³/mol. The molecule has 0 bridgehead atoms. The van der Waals surface area contributed by atoms with Crippen LogP contribution in [-0.4, -0.2) is 30.4 Å². The van der Waals surface area contributed by atoms with E-state index in [-0.39, 0.29) is 11.0 Å². The molecule has 0 fully saturated rings. The lowest BCUT2D eigenvalue weighted by atomic mass is 10.2. The average Bonchev–Trinajstić information content (AvgIpc) is 2.82. The normalized spacial score (nSPS) is 10.6. The van der Waals surface area contributed by atoms with Crippen LogP contribution in [0.25, 0.3) is 11.4 Å². The van der Waals surface area contributed by atoms with E-state index in [0.717, 1.165) is 0 Å². The van der Waals surface area contributed by atoms with Crippen molar-refractivity contribution in [3.8, 4) is 11.4 Å². The molecule has 18 heavy (non-hydrogen) atoms. The molecule has 0 unspecified atom stereocenters. The molecule has 0 radical (unpaired) electrons. The van der Waals surface area contributed by atoms with Gasteiger partial charge in [0.05, 0.1) is 11.6 Å². The standard InChI is InChI=1S/C11H11ClFN3O2/c1-17-5-4-14-11-15-10(16-18-11)7-2-3-9(13)8(12)6-7/h2-3,6H,4-5H2,1H3,(H,14,15,16). The third-order valence-corrected chi connectivity index (χ3v) is 2.48. The number of methoxy groups -OCH3 is 1. The van der Waals surface area contributed by atoms with Gasteiger partial charge in [0.2, 0.25) is 5.82 Å². The second kappa shape index (κ2) is 5.79. The van der Waals surface area contributed by atoms with Gasteiger partial charge in [-0.3, -0.25) is 0 Å². The van der Waals surface area contributed by atoms with Crippen LogP contribution in [0.15, 0.2) is 22.7 Å². The summed E-state index contributed by atoms with van der Waals surface area (Å²) >= 11 is 5.68. The minimum atomic E-state index is -0.484. The first kappa shape index (κ1) is 12.8. The summed E-state index contributed by atoms with van der Waals surface area (Å²) in [6.45, 7) is 1.09. The molecular formula is C11H11ClFN3O2. The lowest BCUT2D eigenvalue weighted by molar-refractivity contribution is 0.210. The number of hydrogen-bond acceptors (Lipinski definition) is 5. The molecule has 0 saturated heterocycles. The van der Waals surface area contributed by atoms with Crippen LogP contribution < -0.4 is 5.32 Å². The average molecular weight is 272 g/mol. The Morgan fingerprint density at radius 3 is 3.06 bits per heavy atom. The summed E-state index contributed by atoms with van der Waals surface area (Å²) < 4.78 is 22.8. The molecule has 1 aromatic carbocycles. The van der Waals surface area contributed by atoms with Crippen LogP contribution >= 0.6 is 11.6 Å². The second-order valence-electron chi connectivity index (χ2n) is 3.47. The summed E-state index contributed by atoms with van der Waals surface area (Å²) in [6.07, 6.45) is 0. The van der Waals surface area contributed by atoms with Gasteiger partial charge in [0.1, 0.15) is 5.82 Å². The first-order valence-corrected chi connectivity index (χ1v) is 5.60. The zero-order valence-electron chi connectivity index (χ0n) is 9.61. The Kier molecular flexibility index (Phi) is 4.11. The van der Waals surface area contributed by atoms with Crippen LogP contribution in [-0.2, 0) is 4.74 Å². The molecule has 0 aliphatic heterocycles. The minimum absolute atomic E-state index is 0.0196. The number of nitrogens with zero attached hydrogens (tertiary/aromatic N) is 2. The van der Waals surface area contributed by atoms with E-state index in [1.165, 1.54) is 18.2 Å². The number of hydrogen-bond donors (Lipinski definition) is 1. The molecule has 96 valence electrons. The maximum absolute atomic E-state index is 13.0. The molecule has 1 aromatic heterocycles. The smallest absolute Gasteiger partial charge is 0.321 e. The first-order chi connectivity index (χ1) is 8.70. The monoisotopic (exact) mass is 271 g/mol. The number of benzene rings is 1. The molecule has 2 rings (SSSR count). The van der Waals surface area contributed by atoms with Crippen molar-refractivity contribution in [3.05, 3.63) is 29.0 Å². The van der Waals surface area contributed by atoms with Crippen molar-refractivity contribution in [1.29, 1.82) is 0 Å². The molecule has 7 heteroatoms. The van der Waals surface area contributed by atoms with Crippen molar-refractivity contribution in [2.75, 3.05) is 25.6 Å². The van der Waals surface area contributed by atoms with Gasteiger partial charge in [-0.05, 0) is 18.2 Å². The van der Waals surface area contributed by atoms with Gasteiger partial charge in [-0.25, -0.2) is 4.39 Å². The molecule has 0 saturated carbocycles. The van der Waals surface area contributed by atoms with E-state index in [2.05, 4.69) is 15.5 Å². The fourth-order valence-electron chi connectivity index (χ4n) is 1.31. The summed E-state index contributed by atoms with van der Waals surface area (Å²) in [5.74, 6) is -0.140. The third-order valence-electron chi connectivity index (χ3n) is 2.19. The van der Waals surface area contributed by atoms with Crippen molar-refractivity contribution in [2.24, 2.45) is 0 Å². The first-order valence-electron chi connectivity index (χ1n) is 5.22. The Morgan fingerprint density at radius 2 is 2.33 bits per heavy atom. The highest BCUT2D eigenvalue weighted by molar-refractivity contribution is 6.31.